The third kappa shape index (κ3) is 4.36. The van der Waals surface area contributed by atoms with Crippen molar-refractivity contribution in [3.8, 4) is 11.3 Å². The Bertz CT molecular complexity index is 1250. The van der Waals surface area contributed by atoms with Crippen molar-refractivity contribution in [1.29, 1.82) is 0 Å². The van der Waals surface area contributed by atoms with Crippen LogP contribution in [0.2, 0.25) is 10.0 Å². The van der Waals surface area contributed by atoms with Crippen molar-refractivity contribution < 1.29 is 18.9 Å². The van der Waals surface area contributed by atoms with Crippen LogP contribution in [0, 0.1) is 10.1 Å². The molecule has 31 heavy (non-hydrogen) atoms. The Morgan fingerprint density at radius 3 is 2.58 bits per heavy atom. The molecule has 0 unspecified atom stereocenters. The number of hydrogen-bond donors (Lipinski definition) is 0. The maximum absolute atomic E-state index is 12.7. The van der Waals surface area contributed by atoms with E-state index in [1.54, 1.807) is 36.4 Å². The molecule has 0 N–H and O–H groups in total. The smallest absolute Gasteiger partial charge is 0.293 e. The van der Waals surface area contributed by atoms with Crippen molar-refractivity contribution in [2.45, 2.75) is 6.54 Å². The number of carbonyl (C=O) groups is 2. The zero-order valence-corrected chi connectivity index (χ0v) is 17.9. The zero-order chi connectivity index (χ0) is 22.1. The Hall–Kier alpha value is -3.07. The van der Waals surface area contributed by atoms with Crippen molar-refractivity contribution in [2.24, 2.45) is 0 Å². The lowest BCUT2D eigenvalue weighted by Gasteiger charge is -2.12. The summed E-state index contributed by atoms with van der Waals surface area (Å²) in [7, 11) is 0. The molecule has 156 valence electrons. The Morgan fingerprint density at radius 2 is 1.84 bits per heavy atom. The molecule has 1 aliphatic rings. The number of nitrogens with zero attached hydrogens (tertiary/aromatic N) is 2. The van der Waals surface area contributed by atoms with E-state index in [0.29, 0.717) is 27.1 Å². The molecule has 1 aromatic heterocycles. The molecule has 2 aromatic carbocycles. The zero-order valence-electron chi connectivity index (χ0n) is 15.6. The minimum Gasteiger partial charge on any atom is -0.457 e. The summed E-state index contributed by atoms with van der Waals surface area (Å²) in [5.41, 5.74) is 0.831. The maximum atomic E-state index is 12.7. The second-order valence-corrected chi connectivity index (χ2v) is 8.29. The molecule has 3 aromatic rings. The summed E-state index contributed by atoms with van der Waals surface area (Å²) in [4.78, 5) is 36.9. The van der Waals surface area contributed by atoms with Gasteiger partial charge < -0.3 is 4.42 Å². The Balaban J connectivity index is 1.56. The first-order chi connectivity index (χ1) is 14.8. The molecule has 0 atom stereocenters. The first-order valence-corrected chi connectivity index (χ1v) is 10.4. The molecule has 7 nitrogen and oxygen atoms in total. The van der Waals surface area contributed by atoms with Crippen molar-refractivity contribution in [3.05, 3.63) is 91.0 Å². The highest BCUT2D eigenvalue weighted by Crippen LogP contribution is 2.36. The van der Waals surface area contributed by atoms with Gasteiger partial charge in [-0.3, -0.25) is 24.6 Å². The average molecular weight is 475 g/mol. The molecule has 1 fully saturated rings. The molecule has 0 bridgehead atoms. The normalized spacial score (nSPS) is 15.2. The van der Waals surface area contributed by atoms with E-state index in [9.17, 15) is 19.7 Å². The SMILES string of the molecule is O=C1S/C(=C\c2ccc(-c3ccc(Cl)c(Cl)c3)o2)C(=O)N1Cc1ccccc1[N+](=O)[O-]. The summed E-state index contributed by atoms with van der Waals surface area (Å²) in [6.07, 6.45) is 1.46. The van der Waals surface area contributed by atoms with Crippen LogP contribution in [0.3, 0.4) is 0 Å². The monoisotopic (exact) mass is 474 g/mol. The van der Waals surface area contributed by atoms with Gasteiger partial charge in [-0.05, 0) is 42.1 Å². The molecule has 0 aliphatic carbocycles. The van der Waals surface area contributed by atoms with Crippen LogP contribution in [0.15, 0.2) is 63.9 Å². The summed E-state index contributed by atoms with van der Waals surface area (Å²) in [5, 5.41) is 11.5. The van der Waals surface area contributed by atoms with Crippen molar-refractivity contribution in [1.82, 2.24) is 4.90 Å². The van der Waals surface area contributed by atoms with Crippen LogP contribution in [0.25, 0.3) is 17.4 Å². The molecular weight excluding hydrogens is 463 g/mol. The van der Waals surface area contributed by atoms with Crippen LogP contribution in [-0.2, 0) is 11.3 Å². The van der Waals surface area contributed by atoms with Gasteiger partial charge in [0.2, 0.25) is 0 Å². The van der Waals surface area contributed by atoms with Crippen LogP contribution in [0.4, 0.5) is 10.5 Å². The Kier molecular flexibility index (Phi) is 5.86. The summed E-state index contributed by atoms with van der Waals surface area (Å²) < 4.78 is 5.75. The lowest BCUT2D eigenvalue weighted by Crippen LogP contribution is -2.27. The molecule has 0 spiro atoms. The van der Waals surface area contributed by atoms with Gasteiger partial charge in [0.1, 0.15) is 11.5 Å². The fourth-order valence-electron chi connectivity index (χ4n) is 2.99. The van der Waals surface area contributed by atoms with E-state index < -0.39 is 16.1 Å². The largest absolute Gasteiger partial charge is 0.457 e. The summed E-state index contributed by atoms with van der Waals surface area (Å²) in [5.74, 6) is 0.349. The molecule has 0 radical (unpaired) electrons. The summed E-state index contributed by atoms with van der Waals surface area (Å²) in [6, 6.07) is 14.4. The van der Waals surface area contributed by atoms with Gasteiger partial charge in [0.15, 0.2) is 0 Å². The third-order valence-corrected chi connectivity index (χ3v) is 6.14. The molecule has 2 heterocycles. The molecule has 1 aliphatic heterocycles. The molecular formula is C21H12Cl2N2O5S. The van der Waals surface area contributed by atoms with Gasteiger partial charge in [-0.2, -0.15) is 0 Å². The number of hydrogen-bond acceptors (Lipinski definition) is 6. The number of nitro benzene ring substituents is 1. The number of amides is 2. The number of rotatable bonds is 5. The lowest BCUT2D eigenvalue weighted by molar-refractivity contribution is -0.385. The summed E-state index contributed by atoms with van der Waals surface area (Å²) in [6.45, 7) is -0.189. The van der Waals surface area contributed by atoms with E-state index in [1.807, 2.05) is 0 Å². The van der Waals surface area contributed by atoms with E-state index in [4.69, 9.17) is 27.6 Å². The van der Waals surface area contributed by atoms with Gasteiger partial charge in [-0.15, -0.1) is 0 Å². The predicted molar refractivity (Wildman–Crippen MR) is 119 cm³/mol. The van der Waals surface area contributed by atoms with Crippen molar-refractivity contribution in [2.75, 3.05) is 0 Å². The minimum absolute atomic E-state index is 0.150. The first-order valence-electron chi connectivity index (χ1n) is 8.86. The summed E-state index contributed by atoms with van der Waals surface area (Å²) >= 11 is 12.7. The fraction of sp³-hybridized carbons (Fsp3) is 0.0476. The molecule has 0 saturated carbocycles. The predicted octanol–water partition coefficient (Wildman–Crippen LogP) is 6.40. The van der Waals surface area contributed by atoms with Crippen LogP contribution < -0.4 is 0 Å². The standard InChI is InChI=1S/C21H12Cl2N2O5S/c22-15-7-5-12(9-16(15)23)18-8-6-14(30-18)10-19-20(26)24(21(27)31-19)11-13-3-1-2-4-17(13)25(28)29/h1-10H,11H2/b19-10-. The highest BCUT2D eigenvalue weighted by atomic mass is 35.5. The number of nitro groups is 1. The topological polar surface area (TPSA) is 93.7 Å². The average Bonchev–Trinajstić information content (AvgIpc) is 3.31. The van der Waals surface area contributed by atoms with Crippen LogP contribution >= 0.6 is 35.0 Å². The Labute approximate surface area is 190 Å². The van der Waals surface area contributed by atoms with Gasteiger partial charge in [0.05, 0.1) is 26.4 Å². The Morgan fingerprint density at radius 1 is 1.06 bits per heavy atom. The number of carbonyl (C=O) groups excluding carboxylic acids is 2. The highest BCUT2D eigenvalue weighted by Gasteiger charge is 2.36. The van der Waals surface area contributed by atoms with Gasteiger partial charge in [-0.25, -0.2) is 0 Å². The molecule has 1 saturated heterocycles. The van der Waals surface area contributed by atoms with E-state index in [2.05, 4.69) is 0 Å². The number of furan rings is 1. The maximum Gasteiger partial charge on any atom is 0.293 e. The van der Waals surface area contributed by atoms with E-state index in [0.717, 1.165) is 16.7 Å². The van der Waals surface area contributed by atoms with Crippen LogP contribution in [-0.4, -0.2) is 21.0 Å². The van der Waals surface area contributed by atoms with Crippen molar-refractivity contribution in [3.63, 3.8) is 0 Å². The quantitative estimate of drug-likeness (QED) is 0.241. The fourth-order valence-corrected chi connectivity index (χ4v) is 4.11. The molecule has 4 rings (SSSR count). The second-order valence-electron chi connectivity index (χ2n) is 6.48. The molecule has 10 heteroatoms. The molecule has 2 amide bonds. The minimum atomic E-state index is -0.544. The number of thioether (sulfide) groups is 1. The van der Waals surface area contributed by atoms with Gasteiger partial charge >= 0.3 is 0 Å². The van der Waals surface area contributed by atoms with Gasteiger partial charge in [0.25, 0.3) is 16.8 Å². The van der Waals surface area contributed by atoms with Crippen LogP contribution in [0.5, 0.6) is 0 Å². The van der Waals surface area contributed by atoms with E-state index in [-0.39, 0.29) is 22.7 Å². The van der Waals surface area contributed by atoms with Crippen LogP contribution in [0.1, 0.15) is 11.3 Å². The highest BCUT2D eigenvalue weighted by molar-refractivity contribution is 8.18. The number of benzene rings is 2. The third-order valence-electron chi connectivity index (χ3n) is 4.49. The van der Waals surface area contributed by atoms with Gasteiger partial charge in [0, 0.05) is 23.3 Å². The number of para-hydroxylation sites is 1. The van der Waals surface area contributed by atoms with E-state index in [1.165, 1.54) is 24.3 Å². The van der Waals surface area contributed by atoms with Crippen molar-refractivity contribution >= 4 is 57.9 Å². The first kappa shape index (κ1) is 21.2. The number of halogens is 2. The van der Waals surface area contributed by atoms with E-state index >= 15 is 0 Å². The number of imide groups is 1. The van der Waals surface area contributed by atoms with Gasteiger partial charge in [-0.1, -0.05) is 41.4 Å². The lowest BCUT2D eigenvalue weighted by atomic mass is 10.1. The second kappa shape index (κ2) is 8.58.